The number of aromatic nitrogens is 2. The fraction of sp³-hybridized carbons (Fsp3) is 0.667. The summed E-state index contributed by atoms with van der Waals surface area (Å²) in [6.45, 7) is -2.59. The third kappa shape index (κ3) is 4.93. The van der Waals surface area contributed by atoms with Crippen molar-refractivity contribution in [3.8, 4) is 0 Å². The van der Waals surface area contributed by atoms with E-state index in [1.165, 1.54) is 6.20 Å². The molecule has 1 aromatic heterocycles. The number of rotatable bonds is 8. The monoisotopic (exact) mass is 305 g/mol. The zero-order valence-electron chi connectivity index (χ0n) is 12.1. The third-order valence-corrected chi connectivity index (χ3v) is 2.90. The van der Waals surface area contributed by atoms with Crippen molar-refractivity contribution in [3.63, 3.8) is 0 Å². The molecule has 9 nitrogen and oxygen atoms in total. The van der Waals surface area contributed by atoms with Crippen LogP contribution in [0.5, 0.6) is 0 Å². The van der Waals surface area contributed by atoms with Gasteiger partial charge in [-0.15, -0.1) is 0 Å². The van der Waals surface area contributed by atoms with Crippen LogP contribution in [-0.4, -0.2) is 83.3 Å². The van der Waals surface area contributed by atoms with E-state index in [0.717, 1.165) is 6.20 Å². The Labute approximate surface area is 122 Å². The van der Waals surface area contributed by atoms with Crippen LogP contribution in [0.3, 0.4) is 0 Å². The van der Waals surface area contributed by atoms with E-state index in [0.29, 0.717) is 0 Å². The number of hydrogen-bond donors (Lipinski definition) is 7. The van der Waals surface area contributed by atoms with E-state index in [9.17, 15) is 25.5 Å². The fourth-order valence-corrected chi connectivity index (χ4v) is 1.54. The van der Waals surface area contributed by atoms with Crippen molar-refractivity contribution in [3.05, 3.63) is 23.8 Å². The van der Waals surface area contributed by atoms with Crippen LogP contribution >= 0.6 is 0 Å². The molecule has 21 heavy (non-hydrogen) atoms. The van der Waals surface area contributed by atoms with E-state index in [1.54, 1.807) is 0 Å². The number of hydrogen-bond acceptors (Lipinski definition) is 9. The SMILES string of the molecule is [2H]C(O)[C@@H](O)[C@@H](O)[C@H](O)c1cnc(C[C@H](O)[C@H](O)CO)cn1. The predicted molar refractivity (Wildman–Crippen MR) is 68.9 cm³/mol. The Morgan fingerprint density at radius 2 is 1.62 bits per heavy atom. The normalized spacial score (nSPS) is 21.0. The molecule has 1 unspecified atom stereocenters. The lowest BCUT2D eigenvalue weighted by Gasteiger charge is -2.21. The fourth-order valence-electron chi connectivity index (χ4n) is 1.54. The van der Waals surface area contributed by atoms with Gasteiger partial charge in [-0.05, 0) is 0 Å². The van der Waals surface area contributed by atoms with Gasteiger partial charge in [-0.2, -0.15) is 0 Å². The second-order valence-corrected chi connectivity index (χ2v) is 4.53. The van der Waals surface area contributed by atoms with Crippen LogP contribution in [0.2, 0.25) is 0 Å². The molecule has 0 bridgehead atoms. The van der Waals surface area contributed by atoms with Crippen LogP contribution in [0, 0.1) is 0 Å². The molecule has 0 amide bonds. The maximum absolute atomic E-state index is 9.78. The maximum atomic E-state index is 9.78. The van der Waals surface area contributed by atoms with E-state index < -0.39 is 43.7 Å². The zero-order chi connectivity index (χ0) is 16.9. The van der Waals surface area contributed by atoms with Crippen molar-refractivity contribution < 1.29 is 37.1 Å². The van der Waals surface area contributed by atoms with E-state index in [2.05, 4.69) is 9.97 Å². The van der Waals surface area contributed by atoms with Gasteiger partial charge in [0.05, 0.1) is 38.2 Å². The molecular weight excluding hydrogens is 284 g/mol. The first-order chi connectivity index (χ1) is 10.3. The minimum Gasteiger partial charge on any atom is -0.394 e. The summed E-state index contributed by atoms with van der Waals surface area (Å²) in [6.07, 6.45) is -5.73. The van der Waals surface area contributed by atoms with Gasteiger partial charge in [-0.3, -0.25) is 9.97 Å². The van der Waals surface area contributed by atoms with Gasteiger partial charge in [0, 0.05) is 12.6 Å². The molecule has 0 spiro atoms. The van der Waals surface area contributed by atoms with Crippen molar-refractivity contribution in [2.24, 2.45) is 0 Å². The molecule has 0 aliphatic carbocycles. The molecular formula is C12H20N2O7. The van der Waals surface area contributed by atoms with E-state index >= 15 is 0 Å². The summed E-state index contributed by atoms with van der Waals surface area (Å²) in [7, 11) is 0. The van der Waals surface area contributed by atoms with Gasteiger partial charge in [-0.1, -0.05) is 0 Å². The summed E-state index contributed by atoms with van der Waals surface area (Å²) >= 11 is 0. The van der Waals surface area contributed by atoms with Crippen molar-refractivity contribution >= 4 is 0 Å². The van der Waals surface area contributed by atoms with Gasteiger partial charge < -0.3 is 35.7 Å². The highest BCUT2D eigenvalue weighted by Crippen LogP contribution is 2.16. The lowest BCUT2D eigenvalue weighted by molar-refractivity contribution is -0.0790. The summed E-state index contributed by atoms with van der Waals surface area (Å²) in [5.74, 6) is 0. The van der Waals surface area contributed by atoms with Crippen LogP contribution in [0.1, 0.15) is 18.9 Å². The molecule has 1 aromatic rings. The Bertz CT molecular complexity index is 448. The number of aliphatic hydroxyl groups excluding tert-OH is 7. The molecule has 120 valence electrons. The molecule has 0 fully saturated rings. The van der Waals surface area contributed by atoms with Gasteiger partial charge in [-0.25, -0.2) is 0 Å². The first kappa shape index (κ1) is 16.2. The highest BCUT2D eigenvalue weighted by molar-refractivity contribution is 5.08. The zero-order valence-corrected chi connectivity index (χ0v) is 11.1. The van der Waals surface area contributed by atoms with Gasteiger partial charge in [0.1, 0.15) is 24.4 Å². The lowest BCUT2D eigenvalue weighted by atomic mass is 10.1. The minimum atomic E-state index is -1.98. The van der Waals surface area contributed by atoms with Crippen LogP contribution in [0.25, 0.3) is 0 Å². The highest BCUT2D eigenvalue weighted by Gasteiger charge is 2.26. The molecule has 1 heterocycles. The van der Waals surface area contributed by atoms with Gasteiger partial charge in [0.2, 0.25) is 0 Å². The molecule has 9 heteroatoms. The Balaban J connectivity index is 2.72. The first-order valence-corrected chi connectivity index (χ1v) is 6.20. The molecule has 0 aromatic carbocycles. The lowest BCUT2D eigenvalue weighted by Crippen LogP contribution is -2.35. The van der Waals surface area contributed by atoms with Crippen molar-refractivity contribution in [2.75, 3.05) is 13.2 Å². The van der Waals surface area contributed by atoms with Crippen molar-refractivity contribution in [1.82, 2.24) is 9.97 Å². The highest BCUT2D eigenvalue weighted by atomic mass is 16.4. The van der Waals surface area contributed by atoms with Crippen LogP contribution < -0.4 is 0 Å². The topological polar surface area (TPSA) is 167 Å². The second-order valence-electron chi connectivity index (χ2n) is 4.53. The Hall–Kier alpha value is -1.20. The van der Waals surface area contributed by atoms with Gasteiger partial charge in [0.25, 0.3) is 0 Å². The van der Waals surface area contributed by atoms with Crippen molar-refractivity contribution in [2.45, 2.75) is 36.9 Å². The summed E-state index contributed by atoms with van der Waals surface area (Å²) in [6, 6.07) is 0. The van der Waals surface area contributed by atoms with Gasteiger partial charge >= 0.3 is 0 Å². The molecule has 1 rings (SSSR count). The summed E-state index contributed by atoms with van der Waals surface area (Å²) in [4.78, 5) is 7.66. The van der Waals surface area contributed by atoms with E-state index in [-0.39, 0.29) is 17.8 Å². The molecule has 0 saturated carbocycles. The molecule has 0 saturated heterocycles. The molecule has 0 aliphatic rings. The van der Waals surface area contributed by atoms with Crippen LogP contribution in [-0.2, 0) is 6.42 Å². The smallest absolute Gasteiger partial charge is 0.126 e. The summed E-state index contributed by atoms with van der Waals surface area (Å²) < 4.78 is 6.87. The van der Waals surface area contributed by atoms with Crippen LogP contribution in [0.15, 0.2) is 12.4 Å². The summed E-state index contributed by atoms with van der Waals surface area (Å²) in [5, 5.41) is 65.0. The largest absolute Gasteiger partial charge is 0.394 e. The molecule has 7 N–H and O–H groups in total. The average molecular weight is 305 g/mol. The Kier molecular flexibility index (Phi) is 6.39. The quantitative estimate of drug-likeness (QED) is 0.257. The average Bonchev–Trinajstić information content (AvgIpc) is 2.52. The van der Waals surface area contributed by atoms with Gasteiger partial charge in [0.15, 0.2) is 0 Å². The van der Waals surface area contributed by atoms with E-state index in [1.807, 2.05) is 0 Å². The first-order valence-electron chi connectivity index (χ1n) is 6.78. The predicted octanol–water partition coefficient (Wildman–Crippen LogP) is -3.52. The maximum Gasteiger partial charge on any atom is 0.126 e. The molecule has 0 radical (unpaired) electrons. The third-order valence-electron chi connectivity index (χ3n) is 2.90. The van der Waals surface area contributed by atoms with Crippen LogP contribution in [0.4, 0.5) is 0 Å². The molecule has 6 atom stereocenters. The minimum absolute atomic E-state index is 0.0816. The van der Waals surface area contributed by atoms with Crippen molar-refractivity contribution in [1.29, 1.82) is 0 Å². The second kappa shape index (κ2) is 8.29. The Morgan fingerprint density at radius 3 is 2.10 bits per heavy atom. The number of aliphatic hydroxyl groups is 7. The van der Waals surface area contributed by atoms with E-state index in [4.69, 9.17) is 11.6 Å². The molecule has 0 aliphatic heterocycles. The number of nitrogens with zero attached hydrogens (tertiary/aromatic N) is 2. The summed E-state index contributed by atoms with van der Waals surface area (Å²) in [5.41, 5.74) is 0.166. The standard InChI is InChI=1S/C12H20N2O7/c15-4-9(18)8(17)1-6-2-14-7(3-13-6)11(20)12(21)10(19)5-16/h2-3,8-12,15-21H,1,4-5H2/t8-,9+,10+,11+,12+/m0/s1/i5D/t5?,8-,9+,10+,11+,12+. The Morgan fingerprint density at radius 1 is 0.952 bits per heavy atom.